The molecule has 0 saturated heterocycles. The van der Waals surface area contributed by atoms with Crippen LogP contribution < -0.4 is 5.32 Å². The minimum atomic E-state index is -0.0813. The number of carbonyl (C=O) groups is 1. The van der Waals surface area contributed by atoms with Gasteiger partial charge in [-0.15, -0.1) is 0 Å². The molecule has 0 bridgehead atoms. The third-order valence-corrected chi connectivity index (χ3v) is 5.98. The average molecular weight is 377 g/mol. The maximum atomic E-state index is 12.1. The summed E-state index contributed by atoms with van der Waals surface area (Å²) in [6.45, 7) is 0.714. The Morgan fingerprint density at radius 1 is 1.19 bits per heavy atom. The SMILES string of the molecule is O=C1CCCCC1Nc1nc2ccc(Cn3cnc4cccnc43)cc2s1. The average Bonchev–Trinajstić information content (AvgIpc) is 3.27. The first-order valence-corrected chi connectivity index (χ1v) is 10.0. The normalized spacial score (nSPS) is 17.6. The molecule has 6 nitrogen and oxygen atoms in total. The third kappa shape index (κ3) is 3.19. The second kappa shape index (κ2) is 6.74. The van der Waals surface area contributed by atoms with E-state index in [9.17, 15) is 4.79 Å². The van der Waals surface area contributed by atoms with E-state index in [1.54, 1.807) is 17.5 Å². The standard InChI is InChI=1S/C20H19N5OS/c26-17-6-2-1-4-14(17)23-20-24-15-8-7-13(10-18(15)27-20)11-25-12-22-16-5-3-9-21-19(16)25/h3,5,7-10,12,14H,1-2,4,6,11H2,(H,23,24). The fraction of sp³-hybridized carbons (Fsp3) is 0.300. The number of imidazole rings is 1. The van der Waals surface area contributed by atoms with Gasteiger partial charge in [0.25, 0.3) is 0 Å². The molecule has 136 valence electrons. The molecule has 3 heterocycles. The van der Waals surface area contributed by atoms with Crippen LogP contribution in [0.25, 0.3) is 21.4 Å². The molecule has 0 amide bonds. The molecule has 1 aliphatic rings. The van der Waals surface area contributed by atoms with Gasteiger partial charge in [-0.2, -0.15) is 0 Å². The van der Waals surface area contributed by atoms with Crippen molar-refractivity contribution in [3.05, 3.63) is 48.4 Å². The molecule has 1 unspecified atom stereocenters. The molecule has 0 spiro atoms. The van der Waals surface area contributed by atoms with E-state index in [0.717, 1.165) is 45.8 Å². The Kier molecular flexibility index (Phi) is 4.09. The highest BCUT2D eigenvalue weighted by atomic mass is 32.1. The van der Waals surface area contributed by atoms with E-state index in [1.165, 1.54) is 5.56 Å². The minimum Gasteiger partial charge on any atom is -0.352 e. The quantitative estimate of drug-likeness (QED) is 0.582. The summed E-state index contributed by atoms with van der Waals surface area (Å²) < 4.78 is 3.17. The predicted molar refractivity (Wildman–Crippen MR) is 107 cm³/mol. The van der Waals surface area contributed by atoms with Crippen LogP contribution in [0, 0.1) is 0 Å². The van der Waals surface area contributed by atoms with Crippen molar-refractivity contribution in [2.24, 2.45) is 0 Å². The molecule has 1 atom stereocenters. The Bertz CT molecular complexity index is 1130. The summed E-state index contributed by atoms with van der Waals surface area (Å²) in [5.41, 5.74) is 3.93. The van der Waals surface area contributed by atoms with Crippen molar-refractivity contribution in [1.82, 2.24) is 19.5 Å². The number of benzene rings is 1. The van der Waals surface area contributed by atoms with Crippen LogP contribution >= 0.6 is 11.3 Å². The van der Waals surface area contributed by atoms with Gasteiger partial charge in [-0.1, -0.05) is 23.8 Å². The first kappa shape index (κ1) is 16.4. The highest BCUT2D eigenvalue weighted by Crippen LogP contribution is 2.29. The number of ketones is 1. The van der Waals surface area contributed by atoms with Crippen molar-refractivity contribution in [1.29, 1.82) is 0 Å². The van der Waals surface area contributed by atoms with Crippen LogP contribution in [-0.4, -0.2) is 31.3 Å². The molecule has 1 aromatic carbocycles. The lowest BCUT2D eigenvalue weighted by molar-refractivity contribution is -0.121. The van der Waals surface area contributed by atoms with Crippen molar-refractivity contribution >= 4 is 43.6 Å². The summed E-state index contributed by atoms with van der Waals surface area (Å²) in [5.74, 6) is 0.306. The number of carbonyl (C=O) groups excluding carboxylic acids is 1. The molecule has 1 fully saturated rings. The van der Waals surface area contributed by atoms with E-state index in [4.69, 9.17) is 0 Å². The van der Waals surface area contributed by atoms with Crippen LogP contribution in [0.15, 0.2) is 42.9 Å². The van der Waals surface area contributed by atoms with Gasteiger partial charge in [0.15, 0.2) is 16.6 Å². The third-order valence-electron chi connectivity index (χ3n) is 5.03. The highest BCUT2D eigenvalue weighted by molar-refractivity contribution is 7.22. The number of fused-ring (bicyclic) bond motifs is 2. The summed E-state index contributed by atoms with van der Waals surface area (Å²) in [5, 5.41) is 4.17. The molecule has 7 heteroatoms. The second-order valence-corrected chi connectivity index (χ2v) is 7.98. The first-order chi connectivity index (χ1) is 13.3. The molecule has 0 aliphatic heterocycles. The predicted octanol–water partition coefficient (Wildman–Crippen LogP) is 4.01. The van der Waals surface area contributed by atoms with Gasteiger partial charge in [-0.25, -0.2) is 15.0 Å². The number of nitrogens with one attached hydrogen (secondary N) is 1. The van der Waals surface area contributed by atoms with E-state index < -0.39 is 0 Å². The molecule has 3 aromatic heterocycles. The van der Waals surface area contributed by atoms with Crippen molar-refractivity contribution in [3.8, 4) is 0 Å². The van der Waals surface area contributed by atoms with Crippen molar-refractivity contribution in [2.75, 3.05) is 5.32 Å². The number of Topliss-reactive ketones (excluding diaryl/α,β-unsaturated/α-hetero) is 1. The molecule has 27 heavy (non-hydrogen) atoms. The topological polar surface area (TPSA) is 72.7 Å². The number of hydrogen-bond donors (Lipinski definition) is 1. The van der Waals surface area contributed by atoms with E-state index in [2.05, 4.69) is 37.0 Å². The van der Waals surface area contributed by atoms with Gasteiger partial charge >= 0.3 is 0 Å². The number of anilines is 1. The molecule has 1 saturated carbocycles. The Morgan fingerprint density at radius 3 is 3.07 bits per heavy atom. The van der Waals surface area contributed by atoms with Crippen LogP contribution in [0.4, 0.5) is 5.13 Å². The van der Waals surface area contributed by atoms with Crippen LogP contribution in [0.5, 0.6) is 0 Å². The lowest BCUT2D eigenvalue weighted by Gasteiger charge is -2.20. The van der Waals surface area contributed by atoms with Crippen molar-refractivity contribution in [2.45, 2.75) is 38.3 Å². The highest BCUT2D eigenvalue weighted by Gasteiger charge is 2.22. The maximum absolute atomic E-state index is 12.1. The molecule has 1 aliphatic carbocycles. The van der Waals surface area contributed by atoms with E-state index in [-0.39, 0.29) is 6.04 Å². The number of nitrogens with zero attached hydrogens (tertiary/aromatic N) is 4. The van der Waals surface area contributed by atoms with Crippen LogP contribution in [-0.2, 0) is 11.3 Å². The van der Waals surface area contributed by atoms with Gasteiger partial charge in [0.05, 0.1) is 29.1 Å². The maximum Gasteiger partial charge on any atom is 0.184 e. The van der Waals surface area contributed by atoms with Gasteiger partial charge in [-0.05, 0) is 42.7 Å². The molecule has 4 aromatic rings. The molecular formula is C20H19N5OS. The summed E-state index contributed by atoms with van der Waals surface area (Å²) in [6.07, 6.45) is 7.32. The van der Waals surface area contributed by atoms with Gasteiger partial charge < -0.3 is 9.88 Å². The van der Waals surface area contributed by atoms with Crippen LogP contribution in [0.1, 0.15) is 31.2 Å². The zero-order valence-electron chi connectivity index (χ0n) is 14.8. The Labute approximate surface area is 160 Å². The Balaban J connectivity index is 1.39. The van der Waals surface area contributed by atoms with Gasteiger partial charge in [0, 0.05) is 12.6 Å². The number of rotatable bonds is 4. The number of thiazole rings is 1. The Hall–Kier alpha value is -2.80. The zero-order chi connectivity index (χ0) is 18.2. The van der Waals surface area contributed by atoms with Crippen molar-refractivity contribution in [3.63, 3.8) is 0 Å². The largest absolute Gasteiger partial charge is 0.352 e. The van der Waals surface area contributed by atoms with Crippen molar-refractivity contribution < 1.29 is 4.79 Å². The Morgan fingerprint density at radius 2 is 2.15 bits per heavy atom. The lowest BCUT2D eigenvalue weighted by Crippen LogP contribution is -2.32. The van der Waals surface area contributed by atoms with E-state index in [0.29, 0.717) is 18.7 Å². The fourth-order valence-corrected chi connectivity index (χ4v) is 4.61. The first-order valence-electron chi connectivity index (χ1n) is 9.21. The van der Waals surface area contributed by atoms with Gasteiger partial charge in [0.2, 0.25) is 0 Å². The summed E-state index contributed by atoms with van der Waals surface area (Å²) in [6, 6.07) is 10.1. The lowest BCUT2D eigenvalue weighted by atomic mass is 9.94. The summed E-state index contributed by atoms with van der Waals surface area (Å²) in [7, 11) is 0. The number of pyridine rings is 1. The van der Waals surface area contributed by atoms with E-state index in [1.807, 2.05) is 24.5 Å². The van der Waals surface area contributed by atoms with Crippen LogP contribution in [0.2, 0.25) is 0 Å². The van der Waals surface area contributed by atoms with Gasteiger partial charge in [-0.3, -0.25) is 4.79 Å². The van der Waals surface area contributed by atoms with E-state index >= 15 is 0 Å². The summed E-state index contributed by atoms with van der Waals surface area (Å²) >= 11 is 1.61. The number of hydrogen-bond acceptors (Lipinski definition) is 6. The number of aromatic nitrogens is 4. The zero-order valence-corrected chi connectivity index (χ0v) is 15.6. The molecule has 1 N–H and O–H groups in total. The van der Waals surface area contributed by atoms with Crippen LogP contribution in [0.3, 0.4) is 0 Å². The smallest absolute Gasteiger partial charge is 0.184 e. The second-order valence-electron chi connectivity index (χ2n) is 6.95. The molecule has 5 rings (SSSR count). The molecule has 0 radical (unpaired) electrons. The molecular weight excluding hydrogens is 358 g/mol. The summed E-state index contributed by atoms with van der Waals surface area (Å²) in [4.78, 5) is 25.5. The monoisotopic (exact) mass is 377 g/mol. The fourth-order valence-electron chi connectivity index (χ4n) is 3.62. The van der Waals surface area contributed by atoms with Gasteiger partial charge in [0.1, 0.15) is 5.52 Å². The minimum absolute atomic E-state index is 0.0813.